The van der Waals surface area contributed by atoms with Gasteiger partial charge in [-0.1, -0.05) is 175 Å². The molecule has 11 aromatic rings. The number of rotatable bonds is 6. The van der Waals surface area contributed by atoms with Gasteiger partial charge in [-0.3, -0.25) is 0 Å². The molecule has 278 valence electrons. The summed E-state index contributed by atoms with van der Waals surface area (Å²) < 4.78 is 0. The zero-order chi connectivity index (χ0) is 41.2. The lowest BCUT2D eigenvalue weighted by Crippen LogP contribution is -2.37. The summed E-state index contributed by atoms with van der Waals surface area (Å²) in [5.74, 6) is -0.155. The SMILES string of the molecule is [B]c1c([B])c(N(c2cccc(-c3cc4ccccc4c4ccccc34)c2)c2cccc(-c3cc4ccccc4c4ccccc34)c2)c(O)c([B])c1-c1cccc2ccccc12. The number of nitrogens with zero attached hydrogens (tertiary/aromatic N) is 1. The van der Waals surface area contributed by atoms with Crippen LogP contribution in [0.1, 0.15) is 0 Å². The van der Waals surface area contributed by atoms with Crippen molar-refractivity contribution < 1.29 is 5.11 Å². The van der Waals surface area contributed by atoms with Gasteiger partial charge in [0.25, 0.3) is 0 Å². The Hall–Kier alpha value is -7.49. The van der Waals surface area contributed by atoms with Crippen molar-refractivity contribution in [2.45, 2.75) is 0 Å². The molecule has 1 N–H and O–H groups in total. The average molecular weight is 769 g/mol. The van der Waals surface area contributed by atoms with Crippen LogP contribution in [0.4, 0.5) is 17.1 Å². The molecule has 6 radical (unpaired) electrons. The lowest BCUT2D eigenvalue weighted by atomic mass is 9.69. The monoisotopic (exact) mass is 769 g/mol. The molecule has 0 spiro atoms. The van der Waals surface area contributed by atoms with Gasteiger partial charge in [-0.2, -0.15) is 0 Å². The van der Waals surface area contributed by atoms with Crippen molar-refractivity contribution in [2.24, 2.45) is 0 Å². The van der Waals surface area contributed by atoms with Gasteiger partial charge in [-0.15, -0.1) is 0 Å². The van der Waals surface area contributed by atoms with Gasteiger partial charge in [0, 0.05) is 11.4 Å². The van der Waals surface area contributed by atoms with Crippen LogP contribution in [0.5, 0.6) is 5.75 Å². The number of hydrogen-bond donors (Lipinski definition) is 1. The predicted molar refractivity (Wildman–Crippen MR) is 263 cm³/mol. The van der Waals surface area contributed by atoms with Crippen LogP contribution >= 0.6 is 0 Å². The summed E-state index contributed by atoms with van der Waals surface area (Å²) in [5.41, 5.74) is 8.01. The third kappa shape index (κ3) is 5.99. The van der Waals surface area contributed by atoms with Gasteiger partial charge in [0.05, 0.1) is 5.69 Å². The van der Waals surface area contributed by atoms with E-state index in [9.17, 15) is 5.11 Å². The lowest BCUT2D eigenvalue weighted by molar-refractivity contribution is 0.481. The van der Waals surface area contributed by atoms with Crippen LogP contribution in [0, 0.1) is 0 Å². The van der Waals surface area contributed by atoms with Gasteiger partial charge >= 0.3 is 0 Å². The molecule has 11 rings (SSSR count). The fourth-order valence-electron chi connectivity index (χ4n) is 9.36. The number of benzene rings is 11. The number of phenols is 1. The lowest BCUT2D eigenvalue weighted by Gasteiger charge is -2.32. The number of fused-ring (bicyclic) bond motifs is 7. The van der Waals surface area contributed by atoms with Crippen molar-refractivity contribution in [3.63, 3.8) is 0 Å². The number of anilines is 3. The van der Waals surface area contributed by atoms with E-state index in [1.807, 2.05) is 71.6 Å². The second kappa shape index (κ2) is 14.7. The van der Waals surface area contributed by atoms with Crippen LogP contribution in [-0.2, 0) is 0 Å². The first-order valence-electron chi connectivity index (χ1n) is 20.4. The minimum atomic E-state index is -0.155. The molecule has 5 heteroatoms. The fraction of sp³-hybridized carbons (Fsp3) is 0. The van der Waals surface area contributed by atoms with Crippen LogP contribution < -0.4 is 21.3 Å². The first kappa shape index (κ1) is 36.6. The maximum atomic E-state index is 12.5. The van der Waals surface area contributed by atoms with Crippen LogP contribution in [-0.4, -0.2) is 28.6 Å². The second-order valence-corrected chi connectivity index (χ2v) is 15.7. The van der Waals surface area contributed by atoms with Crippen molar-refractivity contribution in [2.75, 3.05) is 4.90 Å². The van der Waals surface area contributed by atoms with E-state index in [0.717, 1.165) is 71.5 Å². The molecule has 0 saturated carbocycles. The van der Waals surface area contributed by atoms with Crippen molar-refractivity contribution in [3.8, 4) is 39.1 Å². The minimum Gasteiger partial charge on any atom is -0.506 e. The molecular formula is C56H34B3NO. The zero-order valence-corrected chi connectivity index (χ0v) is 33.2. The van der Waals surface area contributed by atoms with Crippen molar-refractivity contribution >= 4 is 111 Å². The summed E-state index contributed by atoms with van der Waals surface area (Å²) in [6.45, 7) is 0. The van der Waals surface area contributed by atoms with Crippen molar-refractivity contribution in [1.82, 2.24) is 0 Å². The zero-order valence-electron chi connectivity index (χ0n) is 33.2. The van der Waals surface area contributed by atoms with Gasteiger partial charge in [0.2, 0.25) is 0 Å². The quantitative estimate of drug-likeness (QED) is 0.134. The van der Waals surface area contributed by atoms with Gasteiger partial charge in [-0.25, -0.2) is 0 Å². The molecule has 11 aromatic carbocycles. The highest BCUT2D eigenvalue weighted by Crippen LogP contribution is 2.44. The van der Waals surface area contributed by atoms with Gasteiger partial charge in [-0.05, 0) is 129 Å². The van der Waals surface area contributed by atoms with Crippen molar-refractivity contribution in [3.05, 3.63) is 200 Å². The highest BCUT2D eigenvalue weighted by Gasteiger charge is 2.25. The second-order valence-electron chi connectivity index (χ2n) is 15.7. The van der Waals surface area contributed by atoms with E-state index in [0.29, 0.717) is 16.7 Å². The highest BCUT2D eigenvalue weighted by atomic mass is 16.3. The summed E-state index contributed by atoms with van der Waals surface area (Å²) in [4.78, 5) is 1.99. The van der Waals surface area contributed by atoms with E-state index < -0.39 is 0 Å². The van der Waals surface area contributed by atoms with Crippen LogP contribution in [0.15, 0.2) is 200 Å². The molecular weight excluding hydrogens is 735 g/mol. The Morgan fingerprint density at radius 2 is 0.754 bits per heavy atom. The molecule has 61 heavy (non-hydrogen) atoms. The van der Waals surface area contributed by atoms with Gasteiger partial charge in [0.15, 0.2) is 0 Å². The normalized spacial score (nSPS) is 11.5. The molecule has 0 aromatic heterocycles. The molecule has 0 heterocycles. The Morgan fingerprint density at radius 3 is 1.30 bits per heavy atom. The molecule has 0 unspecified atom stereocenters. The maximum Gasteiger partial charge on any atom is 0.132 e. The van der Waals surface area contributed by atoms with Crippen LogP contribution in [0.25, 0.3) is 87.2 Å². The van der Waals surface area contributed by atoms with Crippen molar-refractivity contribution in [1.29, 1.82) is 0 Å². The number of hydrogen-bond acceptors (Lipinski definition) is 2. The predicted octanol–water partition coefficient (Wildman–Crippen LogP) is 12.0. The molecule has 0 bridgehead atoms. The molecule has 0 fully saturated rings. The number of aromatic hydroxyl groups is 1. The van der Waals surface area contributed by atoms with Crippen LogP contribution in [0.3, 0.4) is 0 Å². The summed E-state index contributed by atoms with van der Waals surface area (Å²) in [6, 6.07) is 69.3. The topological polar surface area (TPSA) is 23.5 Å². The molecule has 2 nitrogen and oxygen atoms in total. The first-order valence-corrected chi connectivity index (χ1v) is 20.4. The Balaban J connectivity index is 1.16. The molecule has 0 amide bonds. The van der Waals surface area contributed by atoms with Gasteiger partial charge in [0.1, 0.15) is 29.3 Å². The van der Waals surface area contributed by atoms with E-state index in [1.165, 1.54) is 21.5 Å². The smallest absolute Gasteiger partial charge is 0.132 e. The number of phenolic OH excluding ortho intramolecular Hbond substituents is 1. The third-order valence-corrected chi connectivity index (χ3v) is 12.2. The summed E-state index contributed by atoms with van der Waals surface area (Å²) in [5, 5.41) is 23.8. The molecule has 0 aliphatic carbocycles. The molecule has 0 aliphatic rings. The average Bonchev–Trinajstić information content (AvgIpc) is 3.32. The Kier molecular flexibility index (Phi) is 8.79. The van der Waals surface area contributed by atoms with Crippen LogP contribution in [0.2, 0.25) is 0 Å². The maximum absolute atomic E-state index is 12.5. The van der Waals surface area contributed by atoms with E-state index in [4.69, 9.17) is 23.5 Å². The highest BCUT2D eigenvalue weighted by molar-refractivity contribution is 6.57. The van der Waals surface area contributed by atoms with E-state index in [2.05, 4.69) is 133 Å². The Morgan fingerprint density at radius 1 is 0.328 bits per heavy atom. The summed E-state index contributed by atoms with van der Waals surface area (Å²) >= 11 is 0. The molecule has 0 atom stereocenters. The largest absolute Gasteiger partial charge is 0.506 e. The first-order chi connectivity index (χ1) is 29.9. The standard InChI is InChI=1S/C56H34B3NO/c57-52-51(48-29-13-17-34-14-1-4-22-41(34)48)53(58)56(61)55(54(52)59)60(39-20-11-18-35(30-39)49-32-37-15-2-5-23-42(37)44-25-7-9-27-46(44)49)40-21-12-19-36(31-40)50-33-38-16-3-6-24-43(38)45-26-8-10-28-47(45)50/h1-33,61H. The van der Waals surface area contributed by atoms with Gasteiger partial charge < -0.3 is 10.0 Å². The summed E-state index contributed by atoms with van der Waals surface area (Å²) in [6.07, 6.45) is 0. The third-order valence-electron chi connectivity index (χ3n) is 12.2. The fourth-order valence-corrected chi connectivity index (χ4v) is 9.36. The Labute approximate surface area is 358 Å². The molecule has 0 aliphatic heterocycles. The minimum absolute atomic E-state index is 0.149. The summed E-state index contributed by atoms with van der Waals surface area (Å²) in [7, 11) is 21.3. The molecule has 0 saturated heterocycles. The van der Waals surface area contributed by atoms with E-state index >= 15 is 0 Å². The van der Waals surface area contributed by atoms with E-state index in [-0.39, 0.29) is 16.7 Å². The van der Waals surface area contributed by atoms with E-state index in [1.54, 1.807) is 0 Å². The Bertz CT molecular complexity index is 3360.